The van der Waals surface area contributed by atoms with Gasteiger partial charge in [-0.1, -0.05) is 0 Å². The Balaban J connectivity index is 1.83. The molecule has 2 rings (SSSR count). The molecule has 0 aromatic carbocycles. The van der Waals surface area contributed by atoms with Crippen molar-refractivity contribution in [2.75, 3.05) is 33.2 Å². The fourth-order valence-electron chi connectivity index (χ4n) is 2.71. The molecule has 2 aliphatic rings. The zero-order chi connectivity index (χ0) is 10.7. The van der Waals surface area contributed by atoms with Crippen LogP contribution in [0.25, 0.3) is 0 Å². The van der Waals surface area contributed by atoms with Crippen LogP contribution in [0.2, 0.25) is 0 Å². The quantitative estimate of drug-likeness (QED) is 0.665. The molecular formula is C11H21N3O. The van der Waals surface area contributed by atoms with Gasteiger partial charge in [0.25, 0.3) is 0 Å². The normalized spacial score (nSPS) is 29.3. The smallest absolute Gasteiger partial charge is 0.224 e. The van der Waals surface area contributed by atoms with E-state index in [1.165, 1.54) is 12.8 Å². The van der Waals surface area contributed by atoms with Crippen LogP contribution in [0, 0.1) is 5.92 Å². The molecule has 1 amide bonds. The number of nitrogens with one attached hydrogen (secondary N) is 2. The molecule has 0 aliphatic carbocycles. The van der Waals surface area contributed by atoms with Gasteiger partial charge in [0.05, 0.1) is 5.92 Å². The van der Waals surface area contributed by atoms with Crippen molar-refractivity contribution in [1.29, 1.82) is 0 Å². The Hall–Kier alpha value is -0.610. The maximum absolute atomic E-state index is 11.5. The molecule has 86 valence electrons. The first kappa shape index (κ1) is 10.9. The van der Waals surface area contributed by atoms with Crippen molar-refractivity contribution in [2.24, 2.45) is 5.92 Å². The van der Waals surface area contributed by atoms with Crippen molar-refractivity contribution in [3.05, 3.63) is 0 Å². The summed E-state index contributed by atoms with van der Waals surface area (Å²) < 4.78 is 0. The van der Waals surface area contributed by atoms with Gasteiger partial charge in [-0.05, 0) is 38.9 Å². The lowest BCUT2D eigenvalue weighted by Crippen LogP contribution is -2.42. The van der Waals surface area contributed by atoms with Gasteiger partial charge in [-0.15, -0.1) is 0 Å². The van der Waals surface area contributed by atoms with Crippen LogP contribution in [-0.4, -0.2) is 50.1 Å². The fourth-order valence-corrected chi connectivity index (χ4v) is 2.71. The molecule has 2 heterocycles. The van der Waals surface area contributed by atoms with Crippen LogP contribution in [0.5, 0.6) is 0 Å². The molecule has 2 saturated heterocycles. The van der Waals surface area contributed by atoms with Crippen LogP contribution in [-0.2, 0) is 4.79 Å². The largest absolute Gasteiger partial charge is 0.359 e. The number of hydrogen-bond donors (Lipinski definition) is 2. The minimum absolute atomic E-state index is 0.214. The summed E-state index contributed by atoms with van der Waals surface area (Å²) in [6, 6.07) is 0.709. The molecule has 2 fully saturated rings. The molecular weight excluding hydrogens is 190 g/mol. The van der Waals surface area contributed by atoms with Gasteiger partial charge in [-0.3, -0.25) is 9.69 Å². The molecule has 4 nitrogen and oxygen atoms in total. The summed E-state index contributed by atoms with van der Waals surface area (Å²) in [5.74, 6) is 0.441. The summed E-state index contributed by atoms with van der Waals surface area (Å²) in [7, 11) is 1.73. The predicted octanol–water partition coefficient (Wildman–Crippen LogP) is -0.194. The summed E-state index contributed by atoms with van der Waals surface area (Å²) >= 11 is 0. The van der Waals surface area contributed by atoms with Crippen LogP contribution in [0.3, 0.4) is 0 Å². The third-order valence-corrected chi connectivity index (χ3v) is 3.66. The molecule has 0 unspecified atom stereocenters. The molecule has 2 N–H and O–H groups in total. The van der Waals surface area contributed by atoms with Gasteiger partial charge < -0.3 is 10.6 Å². The van der Waals surface area contributed by atoms with Crippen LogP contribution in [0.1, 0.15) is 19.3 Å². The Morgan fingerprint density at radius 2 is 2.07 bits per heavy atom. The number of carbonyl (C=O) groups is 1. The van der Waals surface area contributed by atoms with Crippen LogP contribution < -0.4 is 10.6 Å². The second-order valence-electron chi connectivity index (χ2n) is 4.58. The molecule has 1 atom stereocenters. The van der Waals surface area contributed by atoms with Gasteiger partial charge in [0.15, 0.2) is 0 Å². The predicted molar refractivity (Wildman–Crippen MR) is 59.6 cm³/mol. The molecule has 0 spiro atoms. The average molecular weight is 211 g/mol. The lowest BCUT2D eigenvalue weighted by Gasteiger charge is -2.31. The highest BCUT2D eigenvalue weighted by Crippen LogP contribution is 2.22. The highest BCUT2D eigenvalue weighted by Gasteiger charge is 2.32. The fraction of sp³-hybridized carbons (Fsp3) is 0.909. The van der Waals surface area contributed by atoms with E-state index >= 15 is 0 Å². The number of nitrogens with zero attached hydrogens (tertiary/aromatic N) is 1. The van der Waals surface area contributed by atoms with E-state index in [9.17, 15) is 4.79 Å². The Morgan fingerprint density at radius 1 is 1.33 bits per heavy atom. The number of likely N-dealkylation sites (tertiary alicyclic amines) is 1. The van der Waals surface area contributed by atoms with Crippen molar-refractivity contribution in [3.63, 3.8) is 0 Å². The highest BCUT2D eigenvalue weighted by molar-refractivity contribution is 5.78. The lowest BCUT2D eigenvalue weighted by molar-refractivity contribution is -0.124. The van der Waals surface area contributed by atoms with Crippen molar-refractivity contribution in [1.82, 2.24) is 15.5 Å². The van der Waals surface area contributed by atoms with E-state index < -0.39 is 0 Å². The number of rotatable bonds is 2. The van der Waals surface area contributed by atoms with Gasteiger partial charge in [0, 0.05) is 19.6 Å². The molecule has 15 heavy (non-hydrogen) atoms. The second kappa shape index (κ2) is 4.94. The van der Waals surface area contributed by atoms with E-state index in [1.807, 2.05) is 0 Å². The van der Waals surface area contributed by atoms with Crippen molar-refractivity contribution < 1.29 is 4.79 Å². The van der Waals surface area contributed by atoms with Gasteiger partial charge >= 0.3 is 0 Å². The first-order valence-corrected chi connectivity index (χ1v) is 5.97. The number of carbonyl (C=O) groups excluding carboxylic acids is 1. The first-order chi connectivity index (χ1) is 7.31. The van der Waals surface area contributed by atoms with E-state index in [1.54, 1.807) is 7.05 Å². The SMILES string of the molecule is CNC(=O)[C@H]1CCN(C2CCNCC2)C1. The third-order valence-electron chi connectivity index (χ3n) is 3.66. The van der Waals surface area contributed by atoms with E-state index in [0.29, 0.717) is 6.04 Å². The van der Waals surface area contributed by atoms with Crippen LogP contribution >= 0.6 is 0 Å². The zero-order valence-corrected chi connectivity index (χ0v) is 9.46. The van der Waals surface area contributed by atoms with E-state index in [4.69, 9.17) is 0 Å². The summed E-state index contributed by atoms with van der Waals surface area (Å²) in [5.41, 5.74) is 0. The van der Waals surface area contributed by atoms with Gasteiger partial charge in [-0.25, -0.2) is 0 Å². The molecule has 2 aliphatic heterocycles. The van der Waals surface area contributed by atoms with E-state index in [2.05, 4.69) is 15.5 Å². The zero-order valence-electron chi connectivity index (χ0n) is 9.46. The van der Waals surface area contributed by atoms with Crippen molar-refractivity contribution >= 4 is 5.91 Å². The Morgan fingerprint density at radius 3 is 2.73 bits per heavy atom. The summed E-state index contributed by atoms with van der Waals surface area (Å²) in [6.45, 7) is 4.32. The van der Waals surface area contributed by atoms with E-state index in [0.717, 1.165) is 32.6 Å². The average Bonchev–Trinajstić information content (AvgIpc) is 2.78. The van der Waals surface area contributed by atoms with E-state index in [-0.39, 0.29) is 11.8 Å². The Kier molecular flexibility index (Phi) is 3.59. The number of piperidine rings is 1. The molecule has 0 radical (unpaired) electrons. The van der Waals surface area contributed by atoms with Crippen LogP contribution in [0.4, 0.5) is 0 Å². The molecule has 0 saturated carbocycles. The highest BCUT2D eigenvalue weighted by atomic mass is 16.1. The monoisotopic (exact) mass is 211 g/mol. The first-order valence-electron chi connectivity index (χ1n) is 5.97. The number of hydrogen-bond acceptors (Lipinski definition) is 3. The maximum atomic E-state index is 11.5. The summed E-state index contributed by atoms with van der Waals surface area (Å²) in [6.07, 6.45) is 3.50. The molecule has 0 aromatic heterocycles. The lowest BCUT2D eigenvalue weighted by atomic mass is 10.1. The summed E-state index contributed by atoms with van der Waals surface area (Å²) in [5, 5.41) is 6.13. The Bertz CT molecular complexity index is 226. The van der Waals surface area contributed by atoms with Gasteiger partial charge in [-0.2, -0.15) is 0 Å². The minimum Gasteiger partial charge on any atom is -0.359 e. The molecule has 0 bridgehead atoms. The standard InChI is InChI=1S/C11H21N3O/c1-12-11(15)9-4-7-14(8-9)10-2-5-13-6-3-10/h9-10,13H,2-8H2,1H3,(H,12,15)/t9-/m0/s1. The topological polar surface area (TPSA) is 44.4 Å². The third kappa shape index (κ3) is 2.49. The molecule has 0 aromatic rings. The van der Waals surface area contributed by atoms with Crippen molar-refractivity contribution in [2.45, 2.75) is 25.3 Å². The van der Waals surface area contributed by atoms with Gasteiger partial charge in [0.2, 0.25) is 5.91 Å². The molecule has 4 heteroatoms. The van der Waals surface area contributed by atoms with Gasteiger partial charge in [0.1, 0.15) is 0 Å². The van der Waals surface area contributed by atoms with Crippen molar-refractivity contribution in [3.8, 4) is 0 Å². The van der Waals surface area contributed by atoms with Crippen LogP contribution in [0.15, 0.2) is 0 Å². The minimum atomic E-state index is 0.214. The Labute approximate surface area is 91.4 Å². The number of amides is 1. The summed E-state index contributed by atoms with van der Waals surface area (Å²) in [4.78, 5) is 14.0. The maximum Gasteiger partial charge on any atom is 0.224 e. The second-order valence-corrected chi connectivity index (χ2v) is 4.58.